The Morgan fingerprint density at radius 2 is 2.25 bits per heavy atom. The van der Waals surface area contributed by atoms with Crippen LogP contribution in [0.25, 0.3) is 0 Å². The van der Waals surface area contributed by atoms with Crippen molar-refractivity contribution in [1.29, 1.82) is 0 Å². The number of nitrogens with two attached hydrogens (primary N) is 1. The van der Waals surface area contributed by atoms with Gasteiger partial charge < -0.3 is 10.3 Å². The first-order valence-corrected chi connectivity index (χ1v) is 8.48. The van der Waals surface area contributed by atoms with Crippen molar-refractivity contribution in [3.63, 3.8) is 0 Å². The monoisotopic (exact) mass is 298 g/mol. The van der Waals surface area contributed by atoms with Crippen molar-refractivity contribution in [2.24, 2.45) is 11.1 Å². The average Bonchev–Trinajstić information content (AvgIpc) is 2.86. The van der Waals surface area contributed by atoms with Gasteiger partial charge in [0.05, 0.1) is 6.04 Å². The van der Waals surface area contributed by atoms with E-state index in [2.05, 4.69) is 35.9 Å². The highest BCUT2D eigenvalue weighted by atomic mass is 32.2. The van der Waals surface area contributed by atoms with Crippen LogP contribution < -0.4 is 5.73 Å². The SMILES string of the molecule is CN1CCSCC1c1noc(CCC(C)(C)CCN)n1. The number of hydrogen-bond acceptors (Lipinski definition) is 6. The first-order chi connectivity index (χ1) is 9.52. The van der Waals surface area contributed by atoms with Gasteiger partial charge in [0.25, 0.3) is 0 Å². The lowest BCUT2D eigenvalue weighted by molar-refractivity contribution is 0.255. The minimum atomic E-state index is 0.237. The van der Waals surface area contributed by atoms with E-state index in [4.69, 9.17) is 10.3 Å². The van der Waals surface area contributed by atoms with Crippen LogP contribution in [0.5, 0.6) is 0 Å². The minimum absolute atomic E-state index is 0.237. The molecule has 0 aromatic carbocycles. The lowest BCUT2D eigenvalue weighted by Crippen LogP contribution is -2.33. The van der Waals surface area contributed by atoms with E-state index in [0.29, 0.717) is 6.04 Å². The number of aryl methyl sites for hydroxylation is 1. The average molecular weight is 298 g/mol. The highest BCUT2D eigenvalue weighted by molar-refractivity contribution is 7.99. The van der Waals surface area contributed by atoms with Crippen molar-refractivity contribution in [1.82, 2.24) is 15.0 Å². The number of rotatable bonds is 6. The first-order valence-electron chi connectivity index (χ1n) is 7.32. The van der Waals surface area contributed by atoms with Crippen LogP contribution in [0.1, 0.15) is 44.4 Å². The van der Waals surface area contributed by atoms with Crippen molar-refractivity contribution >= 4 is 11.8 Å². The fraction of sp³-hybridized carbons (Fsp3) is 0.857. The van der Waals surface area contributed by atoms with Gasteiger partial charge in [-0.25, -0.2) is 0 Å². The normalized spacial score (nSPS) is 21.3. The summed E-state index contributed by atoms with van der Waals surface area (Å²) in [5.74, 6) is 3.83. The predicted octanol–water partition coefficient (Wildman–Crippen LogP) is 2.10. The first kappa shape index (κ1) is 15.8. The summed E-state index contributed by atoms with van der Waals surface area (Å²) >= 11 is 1.96. The zero-order chi connectivity index (χ0) is 14.6. The van der Waals surface area contributed by atoms with Crippen molar-refractivity contribution in [3.05, 3.63) is 11.7 Å². The Labute approximate surface area is 125 Å². The lowest BCUT2D eigenvalue weighted by Gasteiger charge is -2.29. The van der Waals surface area contributed by atoms with Crippen LogP contribution in [0.15, 0.2) is 4.52 Å². The molecule has 0 spiro atoms. The van der Waals surface area contributed by atoms with E-state index >= 15 is 0 Å². The highest BCUT2D eigenvalue weighted by Crippen LogP contribution is 2.28. The molecule has 1 aromatic rings. The van der Waals surface area contributed by atoms with Gasteiger partial charge in [-0.05, 0) is 31.8 Å². The molecule has 0 saturated carbocycles. The second kappa shape index (κ2) is 6.91. The summed E-state index contributed by atoms with van der Waals surface area (Å²) in [5.41, 5.74) is 5.88. The van der Waals surface area contributed by atoms with Crippen LogP contribution in [0.4, 0.5) is 0 Å². The maximum Gasteiger partial charge on any atom is 0.226 e. The van der Waals surface area contributed by atoms with Crippen molar-refractivity contribution in [3.8, 4) is 0 Å². The molecule has 1 aliphatic rings. The molecule has 1 fully saturated rings. The van der Waals surface area contributed by atoms with E-state index in [1.54, 1.807) is 0 Å². The molecular formula is C14H26N4OS. The molecule has 5 nitrogen and oxygen atoms in total. The predicted molar refractivity (Wildman–Crippen MR) is 82.8 cm³/mol. The van der Waals surface area contributed by atoms with E-state index in [9.17, 15) is 0 Å². The topological polar surface area (TPSA) is 68.2 Å². The smallest absolute Gasteiger partial charge is 0.226 e. The molecule has 1 unspecified atom stereocenters. The lowest BCUT2D eigenvalue weighted by atomic mass is 9.84. The second-order valence-electron chi connectivity index (χ2n) is 6.32. The Balaban J connectivity index is 1.92. The number of nitrogens with zero attached hydrogens (tertiary/aromatic N) is 3. The molecule has 20 heavy (non-hydrogen) atoms. The number of aromatic nitrogens is 2. The molecule has 2 N–H and O–H groups in total. The molecule has 0 aliphatic carbocycles. The Hall–Kier alpha value is -0.590. The summed E-state index contributed by atoms with van der Waals surface area (Å²) in [7, 11) is 2.13. The third-order valence-corrected chi connectivity index (χ3v) is 5.04. The molecule has 0 amide bonds. The molecule has 6 heteroatoms. The fourth-order valence-electron chi connectivity index (χ4n) is 2.42. The van der Waals surface area contributed by atoms with Gasteiger partial charge in [-0.3, -0.25) is 4.90 Å². The van der Waals surface area contributed by atoms with Crippen molar-refractivity contribution in [2.75, 3.05) is 31.6 Å². The van der Waals surface area contributed by atoms with Crippen LogP contribution >= 0.6 is 11.8 Å². The summed E-state index contributed by atoms with van der Waals surface area (Å²) in [6, 6.07) is 0.295. The van der Waals surface area contributed by atoms with Crippen molar-refractivity contribution in [2.45, 2.75) is 39.2 Å². The van der Waals surface area contributed by atoms with Crippen molar-refractivity contribution < 1.29 is 4.52 Å². The van der Waals surface area contributed by atoms with Crippen LogP contribution in [0, 0.1) is 5.41 Å². The molecular weight excluding hydrogens is 272 g/mol. The van der Waals surface area contributed by atoms with E-state index in [-0.39, 0.29) is 5.41 Å². The van der Waals surface area contributed by atoms with Crippen LogP contribution in [-0.4, -0.2) is 46.7 Å². The third-order valence-electron chi connectivity index (χ3n) is 4.01. The second-order valence-corrected chi connectivity index (χ2v) is 7.47. The zero-order valence-corrected chi connectivity index (χ0v) is 13.6. The molecule has 1 atom stereocenters. The highest BCUT2D eigenvalue weighted by Gasteiger charge is 2.26. The number of hydrogen-bond donors (Lipinski definition) is 1. The largest absolute Gasteiger partial charge is 0.339 e. The van der Waals surface area contributed by atoms with Gasteiger partial charge in [0.15, 0.2) is 5.82 Å². The molecule has 0 bridgehead atoms. The molecule has 1 aliphatic heterocycles. The van der Waals surface area contributed by atoms with Crippen LogP contribution in [0.2, 0.25) is 0 Å². The molecule has 2 heterocycles. The fourth-order valence-corrected chi connectivity index (χ4v) is 3.63. The number of thioether (sulfide) groups is 1. The van der Waals surface area contributed by atoms with E-state index in [1.807, 2.05) is 11.8 Å². The van der Waals surface area contributed by atoms with Gasteiger partial charge in [0.1, 0.15) is 0 Å². The van der Waals surface area contributed by atoms with E-state index < -0.39 is 0 Å². The zero-order valence-electron chi connectivity index (χ0n) is 12.8. The summed E-state index contributed by atoms with van der Waals surface area (Å²) < 4.78 is 5.41. The maximum absolute atomic E-state index is 5.64. The minimum Gasteiger partial charge on any atom is -0.339 e. The Kier molecular flexibility index (Phi) is 5.46. The van der Waals surface area contributed by atoms with Gasteiger partial charge in [0.2, 0.25) is 5.89 Å². The Morgan fingerprint density at radius 3 is 2.95 bits per heavy atom. The summed E-state index contributed by atoms with van der Waals surface area (Å²) in [4.78, 5) is 6.89. The van der Waals surface area contributed by atoms with Gasteiger partial charge in [-0.15, -0.1) is 0 Å². The van der Waals surface area contributed by atoms with E-state index in [0.717, 1.165) is 49.8 Å². The summed E-state index contributed by atoms with van der Waals surface area (Å²) in [6.45, 7) is 6.29. The van der Waals surface area contributed by atoms with Gasteiger partial charge in [-0.2, -0.15) is 16.7 Å². The quantitative estimate of drug-likeness (QED) is 0.867. The Morgan fingerprint density at radius 1 is 1.45 bits per heavy atom. The molecule has 1 saturated heterocycles. The van der Waals surface area contributed by atoms with Gasteiger partial charge >= 0.3 is 0 Å². The van der Waals surface area contributed by atoms with Crippen LogP contribution in [0.3, 0.4) is 0 Å². The molecule has 1 aromatic heterocycles. The maximum atomic E-state index is 5.64. The van der Waals surface area contributed by atoms with Crippen LogP contribution in [-0.2, 0) is 6.42 Å². The molecule has 114 valence electrons. The summed E-state index contributed by atoms with van der Waals surface area (Å²) in [5, 5.41) is 4.17. The third kappa shape index (κ3) is 4.20. The Bertz CT molecular complexity index is 421. The standard InChI is InChI=1S/C14H26N4OS/c1-14(2,6-7-15)5-4-12-16-13(17-19-12)11-10-20-9-8-18(11)3/h11H,4-10,15H2,1-3H3. The molecule has 2 rings (SSSR count). The van der Waals surface area contributed by atoms with Gasteiger partial charge in [0, 0.05) is 24.5 Å². The molecule has 0 radical (unpaired) electrons. The van der Waals surface area contributed by atoms with Gasteiger partial charge in [-0.1, -0.05) is 19.0 Å². The van der Waals surface area contributed by atoms with E-state index in [1.165, 1.54) is 5.75 Å². The summed E-state index contributed by atoms with van der Waals surface area (Å²) in [6.07, 6.45) is 2.89.